The Morgan fingerprint density at radius 3 is 2.75 bits per heavy atom. The smallest absolute Gasteiger partial charge is 0.277 e. The number of amides is 1. The number of likely N-dealkylation sites (tertiary alicyclic amines) is 1. The van der Waals surface area contributed by atoms with E-state index in [1.165, 1.54) is 11.8 Å². The van der Waals surface area contributed by atoms with E-state index in [1.54, 1.807) is 19.5 Å². The number of hydrogen-bond donors (Lipinski definition) is 0. The third kappa shape index (κ3) is 4.01. The normalized spacial score (nSPS) is 16.3. The van der Waals surface area contributed by atoms with E-state index >= 15 is 0 Å². The van der Waals surface area contributed by atoms with Crippen molar-refractivity contribution in [2.75, 3.05) is 19.4 Å². The Morgan fingerprint density at radius 2 is 2.00 bits per heavy atom. The molecule has 0 radical (unpaired) electrons. The Balaban J connectivity index is 1.38. The molecule has 1 atom stereocenters. The number of rotatable bonds is 6. The lowest BCUT2D eigenvalue weighted by Crippen LogP contribution is -2.31. The molecule has 1 aliphatic rings. The van der Waals surface area contributed by atoms with Crippen LogP contribution in [0.5, 0.6) is 5.75 Å². The average molecular weight is 396 g/mol. The second kappa shape index (κ2) is 8.43. The van der Waals surface area contributed by atoms with Gasteiger partial charge in [-0.15, -0.1) is 10.2 Å². The molecule has 3 aromatic rings. The van der Waals surface area contributed by atoms with Gasteiger partial charge < -0.3 is 14.1 Å². The van der Waals surface area contributed by atoms with Gasteiger partial charge in [-0.1, -0.05) is 11.8 Å². The van der Waals surface area contributed by atoms with Gasteiger partial charge in [0, 0.05) is 24.5 Å². The molecule has 28 heavy (non-hydrogen) atoms. The van der Waals surface area contributed by atoms with Crippen LogP contribution in [0.25, 0.3) is 11.5 Å². The maximum atomic E-state index is 12.7. The lowest BCUT2D eigenvalue weighted by atomic mass is 10.1. The second-order valence-corrected chi connectivity index (χ2v) is 7.34. The molecule has 1 aromatic carbocycles. The summed E-state index contributed by atoms with van der Waals surface area (Å²) in [6, 6.07) is 11.5. The summed E-state index contributed by atoms with van der Waals surface area (Å²) >= 11 is 1.27. The Labute approximate surface area is 167 Å². The van der Waals surface area contributed by atoms with Crippen LogP contribution in [-0.2, 0) is 4.79 Å². The molecule has 144 valence electrons. The van der Waals surface area contributed by atoms with E-state index < -0.39 is 0 Å². The highest BCUT2D eigenvalue weighted by atomic mass is 32.2. The van der Waals surface area contributed by atoms with Crippen molar-refractivity contribution in [3.05, 3.63) is 54.4 Å². The molecule has 1 fully saturated rings. The molecule has 0 bridgehead atoms. The van der Waals surface area contributed by atoms with Crippen molar-refractivity contribution in [3.63, 3.8) is 0 Å². The maximum Gasteiger partial charge on any atom is 0.277 e. The van der Waals surface area contributed by atoms with Gasteiger partial charge in [-0.2, -0.15) is 0 Å². The Morgan fingerprint density at radius 1 is 1.21 bits per heavy atom. The van der Waals surface area contributed by atoms with Crippen molar-refractivity contribution < 1.29 is 13.9 Å². The van der Waals surface area contributed by atoms with Crippen molar-refractivity contribution in [1.29, 1.82) is 0 Å². The zero-order valence-electron chi connectivity index (χ0n) is 15.4. The zero-order valence-corrected chi connectivity index (χ0v) is 16.3. The van der Waals surface area contributed by atoms with Crippen molar-refractivity contribution in [2.45, 2.75) is 24.1 Å². The lowest BCUT2D eigenvalue weighted by Gasteiger charge is -2.24. The van der Waals surface area contributed by atoms with Crippen LogP contribution in [0.2, 0.25) is 0 Å². The van der Waals surface area contributed by atoms with Crippen LogP contribution in [0.4, 0.5) is 0 Å². The number of nitrogens with zero attached hydrogens (tertiary/aromatic N) is 4. The number of thioether (sulfide) groups is 1. The molecule has 0 spiro atoms. The fourth-order valence-corrected chi connectivity index (χ4v) is 3.97. The Bertz CT molecular complexity index is 930. The summed E-state index contributed by atoms with van der Waals surface area (Å²) < 4.78 is 10.8. The molecule has 1 amide bonds. The number of methoxy groups -OCH3 is 1. The second-order valence-electron chi connectivity index (χ2n) is 6.42. The topological polar surface area (TPSA) is 81.4 Å². The van der Waals surface area contributed by atoms with Gasteiger partial charge in [0.25, 0.3) is 5.22 Å². The minimum absolute atomic E-state index is 0.0773. The SMILES string of the molecule is COc1ccc(-c2nnc(SCC(=O)N3CCC[C@H]3c3ccncc3)o2)cc1. The third-order valence-corrected chi connectivity index (χ3v) is 5.53. The third-order valence-electron chi connectivity index (χ3n) is 4.73. The summed E-state index contributed by atoms with van der Waals surface area (Å²) in [5, 5.41) is 8.50. The van der Waals surface area contributed by atoms with E-state index in [9.17, 15) is 4.79 Å². The first-order valence-corrected chi connectivity index (χ1v) is 10.0. The highest BCUT2D eigenvalue weighted by Gasteiger charge is 2.30. The first kappa shape index (κ1) is 18.5. The minimum atomic E-state index is 0.0773. The number of ether oxygens (including phenoxy) is 1. The quantitative estimate of drug-likeness (QED) is 0.589. The molecule has 8 heteroatoms. The summed E-state index contributed by atoms with van der Waals surface area (Å²) in [5.41, 5.74) is 1.94. The molecular formula is C20H20N4O3S. The number of pyridine rings is 1. The van der Waals surface area contributed by atoms with Crippen LogP contribution in [0.1, 0.15) is 24.4 Å². The van der Waals surface area contributed by atoms with Gasteiger partial charge in [0.2, 0.25) is 11.8 Å². The molecule has 0 N–H and O–H groups in total. The fraction of sp³-hybridized carbons (Fsp3) is 0.300. The summed E-state index contributed by atoms with van der Waals surface area (Å²) in [6.07, 6.45) is 5.52. The summed E-state index contributed by atoms with van der Waals surface area (Å²) in [7, 11) is 1.62. The van der Waals surface area contributed by atoms with Gasteiger partial charge in [-0.05, 0) is 54.8 Å². The molecule has 3 heterocycles. The molecule has 7 nitrogen and oxygen atoms in total. The van der Waals surface area contributed by atoms with E-state index in [0.717, 1.165) is 36.3 Å². The van der Waals surface area contributed by atoms with Crippen LogP contribution in [0.15, 0.2) is 58.4 Å². The summed E-state index contributed by atoms with van der Waals surface area (Å²) in [5.74, 6) is 1.53. The van der Waals surface area contributed by atoms with E-state index in [0.29, 0.717) is 11.1 Å². The molecule has 0 saturated carbocycles. The minimum Gasteiger partial charge on any atom is -0.497 e. The molecule has 0 aliphatic carbocycles. The largest absolute Gasteiger partial charge is 0.497 e. The van der Waals surface area contributed by atoms with Crippen molar-refractivity contribution in [1.82, 2.24) is 20.1 Å². The van der Waals surface area contributed by atoms with E-state index in [4.69, 9.17) is 9.15 Å². The van der Waals surface area contributed by atoms with Gasteiger partial charge in [0.1, 0.15) is 5.75 Å². The lowest BCUT2D eigenvalue weighted by molar-refractivity contribution is -0.129. The van der Waals surface area contributed by atoms with Gasteiger partial charge in [-0.3, -0.25) is 9.78 Å². The van der Waals surface area contributed by atoms with E-state index in [1.807, 2.05) is 41.3 Å². The van der Waals surface area contributed by atoms with Crippen LogP contribution in [0.3, 0.4) is 0 Å². The van der Waals surface area contributed by atoms with Gasteiger partial charge >= 0.3 is 0 Å². The highest BCUT2D eigenvalue weighted by molar-refractivity contribution is 7.99. The molecular weight excluding hydrogens is 376 g/mol. The average Bonchev–Trinajstić information content (AvgIpc) is 3.43. The maximum absolute atomic E-state index is 12.7. The van der Waals surface area contributed by atoms with Gasteiger partial charge in [0.05, 0.1) is 18.9 Å². The fourth-order valence-electron chi connectivity index (χ4n) is 3.32. The highest BCUT2D eigenvalue weighted by Crippen LogP contribution is 2.33. The number of benzene rings is 1. The number of carbonyl (C=O) groups excluding carboxylic acids is 1. The van der Waals surface area contributed by atoms with Crippen molar-refractivity contribution in [2.24, 2.45) is 0 Å². The van der Waals surface area contributed by atoms with Crippen LogP contribution in [0, 0.1) is 0 Å². The first-order chi connectivity index (χ1) is 13.7. The molecule has 4 rings (SSSR count). The van der Waals surface area contributed by atoms with Gasteiger partial charge in [-0.25, -0.2) is 0 Å². The van der Waals surface area contributed by atoms with Gasteiger partial charge in [0.15, 0.2) is 0 Å². The van der Waals surface area contributed by atoms with Crippen molar-refractivity contribution in [3.8, 4) is 17.2 Å². The van der Waals surface area contributed by atoms with E-state index in [-0.39, 0.29) is 17.7 Å². The predicted molar refractivity (Wildman–Crippen MR) is 105 cm³/mol. The Kier molecular flexibility index (Phi) is 5.57. The molecule has 0 unspecified atom stereocenters. The first-order valence-electron chi connectivity index (χ1n) is 9.05. The molecule has 1 saturated heterocycles. The van der Waals surface area contributed by atoms with Crippen LogP contribution < -0.4 is 4.74 Å². The van der Waals surface area contributed by atoms with E-state index in [2.05, 4.69) is 15.2 Å². The standard InChI is InChI=1S/C20H20N4O3S/c1-26-16-6-4-15(5-7-16)19-22-23-20(27-19)28-13-18(25)24-12-2-3-17(24)14-8-10-21-11-9-14/h4-11,17H,2-3,12-13H2,1H3/t17-/m0/s1. The zero-order chi connectivity index (χ0) is 19.3. The number of aromatic nitrogens is 3. The Hall–Kier alpha value is -2.87. The number of carbonyl (C=O) groups is 1. The molecule has 2 aromatic heterocycles. The molecule has 1 aliphatic heterocycles. The van der Waals surface area contributed by atoms with Crippen molar-refractivity contribution >= 4 is 17.7 Å². The van der Waals surface area contributed by atoms with Crippen LogP contribution >= 0.6 is 11.8 Å². The number of hydrogen-bond acceptors (Lipinski definition) is 7. The monoisotopic (exact) mass is 396 g/mol. The van der Waals surface area contributed by atoms with Crippen LogP contribution in [-0.4, -0.2) is 45.4 Å². The summed E-state index contributed by atoms with van der Waals surface area (Å²) in [6.45, 7) is 0.771. The summed E-state index contributed by atoms with van der Waals surface area (Å²) in [4.78, 5) is 18.7. The predicted octanol–water partition coefficient (Wildman–Crippen LogP) is 3.60.